The van der Waals surface area contributed by atoms with Gasteiger partial charge in [-0.2, -0.15) is 0 Å². The lowest BCUT2D eigenvalue weighted by Crippen LogP contribution is -2.36. The molecular weight excluding hydrogens is 463 g/mol. The Kier molecular flexibility index (Phi) is 6.33. The van der Waals surface area contributed by atoms with Crippen LogP contribution in [0.15, 0.2) is 63.9 Å². The zero-order valence-corrected chi connectivity index (χ0v) is 18.5. The molecule has 0 aliphatic carbocycles. The Hall–Kier alpha value is -4.18. The van der Waals surface area contributed by atoms with Gasteiger partial charge in [-0.25, -0.2) is 4.39 Å². The van der Waals surface area contributed by atoms with Crippen LogP contribution in [0.4, 0.5) is 14.9 Å². The number of carbonyl (C=O) groups excluding carboxylic acids is 4. The van der Waals surface area contributed by atoms with Crippen molar-refractivity contribution in [3.63, 3.8) is 0 Å². The average molecular weight is 479 g/mol. The van der Waals surface area contributed by atoms with Gasteiger partial charge in [-0.15, -0.1) is 0 Å². The molecule has 4 rings (SSSR count). The van der Waals surface area contributed by atoms with Gasteiger partial charge in [0.1, 0.15) is 23.9 Å². The summed E-state index contributed by atoms with van der Waals surface area (Å²) in [5, 5.41) is 13.1. The minimum atomic E-state index is -1.30. The number of imide groups is 1. The first-order chi connectivity index (χ1) is 16.2. The van der Waals surface area contributed by atoms with E-state index in [1.165, 1.54) is 36.4 Å². The van der Waals surface area contributed by atoms with Gasteiger partial charge in [-0.1, -0.05) is 18.2 Å². The molecule has 3 aromatic rings. The highest BCUT2D eigenvalue weighted by Crippen LogP contribution is 2.34. The van der Waals surface area contributed by atoms with Crippen LogP contribution in [0.3, 0.4) is 0 Å². The van der Waals surface area contributed by atoms with Crippen LogP contribution in [0.2, 0.25) is 0 Å². The van der Waals surface area contributed by atoms with Crippen LogP contribution < -0.4 is 10.4 Å². The zero-order valence-electron chi connectivity index (χ0n) is 17.7. The van der Waals surface area contributed by atoms with Crippen molar-refractivity contribution in [3.05, 3.63) is 82.2 Å². The molecule has 1 aliphatic rings. The number of rotatable bonds is 6. The minimum absolute atomic E-state index is 0.0375. The Morgan fingerprint density at radius 1 is 1.12 bits per heavy atom. The first kappa shape index (κ1) is 23.0. The first-order valence-corrected chi connectivity index (χ1v) is 10.8. The molecule has 1 aliphatic heterocycles. The van der Waals surface area contributed by atoms with E-state index < -0.39 is 35.4 Å². The number of carbonyl (C=O) groups is 4. The van der Waals surface area contributed by atoms with Crippen molar-refractivity contribution in [1.29, 1.82) is 0 Å². The number of carboxylic acids is 1. The van der Waals surface area contributed by atoms with Crippen molar-refractivity contribution < 1.29 is 33.1 Å². The van der Waals surface area contributed by atoms with Gasteiger partial charge >= 0.3 is 0 Å². The highest BCUT2D eigenvalue weighted by Gasteiger charge is 2.36. The molecule has 0 bridgehead atoms. The summed E-state index contributed by atoms with van der Waals surface area (Å²) < 4.78 is 18.7. The van der Waals surface area contributed by atoms with Crippen LogP contribution in [0.1, 0.15) is 21.7 Å². The number of halogens is 1. The summed E-state index contributed by atoms with van der Waals surface area (Å²) in [6.45, 7) is 1.13. The number of carboxylic acid groups (broad SMARTS) is 1. The molecule has 3 amide bonds. The Morgan fingerprint density at radius 3 is 2.56 bits per heavy atom. The Bertz CT molecular complexity index is 1350. The van der Waals surface area contributed by atoms with Crippen molar-refractivity contribution in [3.8, 4) is 11.3 Å². The number of aromatic carboxylic acids is 1. The van der Waals surface area contributed by atoms with Gasteiger partial charge in [0.05, 0.1) is 10.9 Å². The molecule has 10 heteroatoms. The molecule has 1 saturated heterocycles. The van der Waals surface area contributed by atoms with E-state index in [2.05, 4.69) is 5.32 Å². The predicted molar refractivity (Wildman–Crippen MR) is 121 cm³/mol. The summed E-state index contributed by atoms with van der Waals surface area (Å²) in [4.78, 5) is 49.3. The summed E-state index contributed by atoms with van der Waals surface area (Å²) >= 11 is 0.664. The number of hydrogen-bond acceptors (Lipinski definition) is 7. The smallest absolute Gasteiger partial charge is 0.294 e. The normalized spacial score (nSPS) is 14.6. The number of nitrogens with zero attached hydrogens (tertiary/aromatic N) is 1. The molecule has 2 aromatic carbocycles. The minimum Gasteiger partial charge on any atom is -0.545 e. The molecule has 0 saturated carbocycles. The van der Waals surface area contributed by atoms with Crippen LogP contribution in [-0.2, 0) is 9.59 Å². The summed E-state index contributed by atoms with van der Waals surface area (Å²) in [5.41, 5.74) is 1.38. The molecule has 172 valence electrons. The quantitative estimate of drug-likeness (QED) is 0.538. The third-order valence-corrected chi connectivity index (χ3v) is 5.93. The van der Waals surface area contributed by atoms with E-state index >= 15 is 0 Å². The molecule has 0 radical (unpaired) electrons. The van der Waals surface area contributed by atoms with Gasteiger partial charge in [0.2, 0.25) is 5.91 Å². The van der Waals surface area contributed by atoms with Gasteiger partial charge in [0, 0.05) is 22.9 Å². The maximum Gasteiger partial charge on any atom is 0.294 e. The fraction of sp³-hybridized carbons (Fsp3) is 0.0833. The lowest BCUT2D eigenvalue weighted by atomic mass is 10.0. The maximum absolute atomic E-state index is 13.0. The molecule has 2 heterocycles. The van der Waals surface area contributed by atoms with Gasteiger partial charge in [0.15, 0.2) is 0 Å². The highest BCUT2D eigenvalue weighted by atomic mass is 32.2. The van der Waals surface area contributed by atoms with Crippen LogP contribution >= 0.6 is 11.8 Å². The maximum atomic E-state index is 13.0. The summed E-state index contributed by atoms with van der Waals surface area (Å²) in [7, 11) is 0. The second-order valence-corrected chi connectivity index (χ2v) is 8.28. The van der Waals surface area contributed by atoms with E-state index in [0.29, 0.717) is 34.3 Å². The third kappa shape index (κ3) is 4.76. The Labute approximate surface area is 197 Å². The van der Waals surface area contributed by atoms with Crippen LogP contribution in [-0.4, -0.2) is 34.5 Å². The third-order valence-electron chi connectivity index (χ3n) is 5.02. The van der Waals surface area contributed by atoms with Crippen molar-refractivity contribution in [1.82, 2.24) is 4.90 Å². The van der Waals surface area contributed by atoms with E-state index in [0.717, 1.165) is 4.90 Å². The fourth-order valence-electron chi connectivity index (χ4n) is 3.34. The summed E-state index contributed by atoms with van der Waals surface area (Å²) in [6.07, 6.45) is 1.38. The molecule has 0 unspecified atom stereocenters. The number of thioether (sulfide) groups is 1. The largest absolute Gasteiger partial charge is 0.545 e. The molecule has 1 fully saturated rings. The van der Waals surface area contributed by atoms with Crippen molar-refractivity contribution >= 4 is 46.5 Å². The lowest BCUT2D eigenvalue weighted by molar-refractivity contribution is -0.255. The SMILES string of the molecule is Cc1c(C(=O)[O-])cccc1-c1ccc(/C=C2\SC(=O)N(CC(=O)Nc3ccc(F)cc3)C2=O)o1. The van der Waals surface area contributed by atoms with Gasteiger partial charge < -0.3 is 19.6 Å². The number of anilines is 1. The number of amides is 3. The van der Waals surface area contributed by atoms with Crippen LogP contribution in [0.25, 0.3) is 17.4 Å². The molecule has 0 spiro atoms. The molecule has 0 atom stereocenters. The van der Waals surface area contributed by atoms with Crippen molar-refractivity contribution in [2.45, 2.75) is 6.92 Å². The number of hydrogen-bond donors (Lipinski definition) is 1. The van der Waals surface area contributed by atoms with Crippen molar-refractivity contribution in [2.24, 2.45) is 0 Å². The van der Waals surface area contributed by atoms with E-state index in [-0.39, 0.29) is 16.2 Å². The fourth-order valence-corrected chi connectivity index (χ4v) is 4.16. The van der Waals surface area contributed by atoms with E-state index in [9.17, 15) is 28.7 Å². The Morgan fingerprint density at radius 2 is 1.85 bits per heavy atom. The standard InChI is InChI=1S/C24H17FN2O6S/c1-13-17(3-2-4-18(13)23(30)31)19-10-9-16(33-19)11-20-22(29)27(24(32)34-20)12-21(28)26-15-7-5-14(25)6-8-15/h2-11H,12H2,1H3,(H,26,28)(H,30,31)/p-1/b20-11-. The molecular formula is C24H16FN2O6S-. The second kappa shape index (κ2) is 9.36. The van der Waals surface area contributed by atoms with Crippen LogP contribution in [0.5, 0.6) is 0 Å². The van der Waals surface area contributed by atoms with Gasteiger partial charge in [-0.3, -0.25) is 19.3 Å². The van der Waals surface area contributed by atoms with E-state index in [4.69, 9.17) is 4.42 Å². The van der Waals surface area contributed by atoms with Gasteiger partial charge in [0.25, 0.3) is 11.1 Å². The Balaban J connectivity index is 1.48. The predicted octanol–water partition coefficient (Wildman–Crippen LogP) is 3.43. The zero-order chi connectivity index (χ0) is 24.4. The summed E-state index contributed by atoms with van der Waals surface area (Å²) in [5.74, 6) is -2.38. The highest BCUT2D eigenvalue weighted by molar-refractivity contribution is 8.18. The molecule has 1 aromatic heterocycles. The number of furan rings is 1. The summed E-state index contributed by atoms with van der Waals surface area (Å²) in [6, 6.07) is 13.0. The number of nitrogens with one attached hydrogen (secondary N) is 1. The van der Waals surface area contributed by atoms with Crippen molar-refractivity contribution in [2.75, 3.05) is 11.9 Å². The second-order valence-electron chi connectivity index (χ2n) is 7.29. The topological polar surface area (TPSA) is 120 Å². The molecule has 1 N–H and O–H groups in total. The lowest BCUT2D eigenvalue weighted by Gasteiger charge is -2.12. The van der Waals surface area contributed by atoms with E-state index in [1.54, 1.807) is 31.2 Å². The van der Waals surface area contributed by atoms with Crippen LogP contribution in [0, 0.1) is 12.7 Å². The average Bonchev–Trinajstić information content (AvgIpc) is 3.35. The van der Waals surface area contributed by atoms with Gasteiger partial charge in [-0.05, 0) is 60.6 Å². The monoisotopic (exact) mass is 479 g/mol. The first-order valence-electron chi connectivity index (χ1n) is 9.95. The van der Waals surface area contributed by atoms with E-state index in [1.807, 2.05) is 0 Å². The molecule has 34 heavy (non-hydrogen) atoms. The molecule has 8 nitrogen and oxygen atoms in total. The number of benzene rings is 2.